The summed E-state index contributed by atoms with van der Waals surface area (Å²) in [4.78, 5) is 25.5. The topological polar surface area (TPSA) is 79.8 Å². The van der Waals surface area contributed by atoms with Gasteiger partial charge >= 0.3 is 0 Å². The largest absolute Gasteiger partial charge is 0.324 e. The summed E-state index contributed by atoms with van der Waals surface area (Å²) in [5, 5.41) is 6.17. The number of carbonyl (C=O) groups is 1. The van der Waals surface area contributed by atoms with Crippen LogP contribution in [0.25, 0.3) is 11.3 Å². The third-order valence-corrected chi connectivity index (χ3v) is 4.87. The number of hydrogen-bond acceptors (Lipinski definition) is 5. The molecule has 2 heterocycles. The minimum atomic E-state index is -0.161. The smallest absolute Gasteiger partial charge is 0.255 e. The first-order valence-electron chi connectivity index (χ1n) is 9.26. The van der Waals surface area contributed by atoms with Gasteiger partial charge in [0.25, 0.3) is 5.91 Å². The van der Waals surface area contributed by atoms with Gasteiger partial charge in [0, 0.05) is 45.6 Å². The number of rotatable bonds is 5. The lowest BCUT2D eigenvalue weighted by Crippen LogP contribution is -2.12. The fourth-order valence-corrected chi connectivity index (χ4v) is 3.24. The molecule has 0 fully saturated rings. The number of nitrogens with zero attached hydrogens (tertiary/aromatic N) is 3. The van der Waals surface area contributed by atoms with E-state index in [9.17, 15) is 4.79 Å². The van der Waals surface area contributed by atoms with Crippen molar-refractivity contribution in [3.8, 4) is 11.3 Å². The normalized spacial score (nSPS) is 10.5. The van der Waals surface area contributed by atoms with Crippen LogP contribution in [0.15, 0.2) is 83.7 Å². The van der Waals surface area contributed by atoms with Crippen molar-refractivity contribution in [3.05, 3.63) is 94.9 Å². The summed E-state index contributed by atoms with van der Waals surface area (Å²) >= 11 is 3.43. The Morgan fingerprint density at radius 3 is 2.63 bits per heavy atom. The number of aromatic nitrogens is 3. The highest BCUT2D eigenvalue weighted by molar-refractivity contribution is 9.10. The SMILES string of the molecule is Cc1ccc(NC(=O)c2ccccc2)cc1Nc1nccc(-c2cncc(Br)c2)n1. The molecular formula is C23H18BrN5O. The van der Waals surface area contributed by atoms with Crippen LogP contribution >= 0.6 is 15.9 Å². The van der Waals surface area contributed by atoms with Crippen LogP contribution in [0.1, 0.15) is 15.9 Å². The van der Waals surface area contributed by atoms with Crippen molar-refractivity contribution < 1.29 is 4.79 Å². The van der Waals surface area contributed by atoms with Gasteiger partial charge in [-0.3, -0.25) is 9.78 Å². The molecule has 2 aromatic heterocycles. The molecule has 0 bridgehead atoms. The fraction of sp³-hybridized carbons (Fsp3) is 0.0435. The molecule has 2 aromatic carbocycles. The number of carbonyl (C=O) groups excluding carboxylic acids is 1. The lowest BCUT2D eigenvalue weighted by molar-refractivity contribution is 0.102. The van der Waals surface area contributed by atoms with Crippen LogP contribution in [-0.2, 0) is 0 Å². The van der Waals surface area contributed by atoms with Crippen LogP contribution < -0.4 is 10.6 Å². The van der Waals surface area contributed by atoms with Crippen LogP contribution in [0.5, 0.6) is 0 Å². The maximum atomic E-state index is 12.4. The summed E-state index contributed by atoms with van der Waals surface area (Å²) in [5.41, 5.74) is 4.75. The van der Waals surface area contributed by atoms with Crippen LogP contribution in [0, 0.1) is 6.92 Å². The van der Waals surface area contributed by atoms with Gasteiger partial charge < -0.3 is 10.6 Å². The Balaban J connectivity index is 1.56. The van der Waals surface area contributed by atoms with E-state index in [-0.39, 0.29) is 5.91 Å². The molecule has 4 aromatic rings. The molecule has 30 heavy (non-hydrogen) atoms. The van der Waals surface area contributed by atoms with Crippen LogP contribution in [0.2, 0.25) is 0 Å². The molecule has 0 spiro atoms. The summed E-state index contributed by atoms with van der Waals surface area (Å²) in [5.74, 6) is 0.299. The van der Waals surface area contributed by atoms with Crippen LogP contribution in [0.3, 0.4) is 0 Å². The Kier molecular flexibility index (Phi) is 5.81. The molecule has 0 saturated carbocycles. The van der Waals surface area contributed by atoms with E-state index in [1.165, 1.54) is 0 Å². The average Bonchev–Trinajstić information content (AvgIpc) is 2.77. The molecule has 1 amide bonds. The van der Waals surface area contributed by atoms with E-state index in [0.717, 1.165) is 27.0 Å². The van der Waals surface area contributed by atoms with E-state index >= 15 is 0 Å². The number of amides is 1. The van der Waals surface area contributed by atoms with Gasteiger partial charge in [0.05, 0.1) is 5.69 Å². The first-order valence-corrected chi connectivity index (χ1v) is 10.1. The van der Waals surface area contributed by atoms with Crippen LogP contribution in [0.4, 0.5) is 17.3 Å². The Morgan fingerprint density at radius 2 is 1.83 bits per heavy atom. The summed E-state index contributed by atoms with van der Waals surface area (Å²) in [6, 6.07) is 18.6. The van der Waals surface area contributed by atoms with E-state index in [2.05, 4.69) is 41.5 Å². The molecule has 0 aliphatic carbocycles. The molecule has 0 unspecified atom stereocenters. The van der Waals surface area contributed by atoms with E-state index in [1.54, 1.807) is 30.7 Å². The zero-order valence-corrected chi connectivity index (χ0v) is 17.7. The number of hydrogen-bond donors (Lipinski definition) is 2. The van der Waals surface area contributed by atoms with Crippen molar-refractivity contribution in [2.75, 3.05) is 10.6 Å². The third-order valence-electron chi connectivity index (χ3n) is 4.43. The number of halogens is 1. The Morgan fingerprint density at radius 1 is 1.00 bits per heavy atom. The molecule has 0 radical (unpaired) electrons. The monoisotopic (exact) mass is 459 g/mol. The van der Waals surface area contributed by atoms with Gasteiger partial charge in [0.2, 0.25) is 5.95 Å². The molecule has 4 rings (SSSR count). The second kappa shape index (κ2) is 8.84. The second-order valence-electron chi connectivity index (χ2n) is 6.63. The second-order valence-corrected chi connectivity index (χ2v) is 7.55. The number of benzene rings is 2. The van der Waals surface area contributed by atoms with Gasteiger partial charge in [-0.25, -0.2) is 9.97 Å². The first-order chi connectivity index (χ1) is 14.6. The van der Waals surface area contributed by atoms with Gasteiger partial charge in [0.15, 0.2) is 0 Å². The van der Waals surface area contributed by atoms with Crippen molar-refractivity contribution >= 4 is 39.2 Å². The lowest BCUT2D eigenvalue weighted by Gasteiger charge is -2.12. The highest BCUT2D eigenvalue weighted by Gasteiger charge is 2.09. The predicted octanol–water partition coefficient (Wildman–Crippen LogP) is 5.61. The first kappa shape index (κ1) is 19.7. The van der Waals surface area contributed by atoms with E-state index < -0.39 is 0 Å². The van der Waals surface area contributed by atoms with Crippen molar-refractivity contribution in [2.24, 2.45) is 0 Å². The predicted molar refractivity (Wildman–Crippen MR) is 122 cm³/mol. The standard InChI is InChI=1S/C23H18BrN5O/c1-15-7-8-19(27-22(30)16-5-3-2-4-6-16)12-21(15)29-23-26-10-9-20(28-23)17-11-18(24)14-25-13-17/h2-14H,1H3,(H,27,30)(H,26,28,29). The third kappa shape index (κ3) is 4.69. The van der Waals surface area contributed by atoms with Gasteiger partial charge in [-0.15, -0.1) is 0 Å². The Hall–Kier alpha value is -3.58. The maximum Gasteiger partial charge on any atom is 0.255 e. The summed E-state index contributed by atoms with van der Waals surface area (Å²) in [7, 11) is 0. The minimum Gasteiger partial charge on any atom is -0.324 e. The van der Waals surface area contributed by atoms with E-state index in [4.69, 9.17) is 0 Å². The Labute approximate surface area is 182 Å². The molecule has 2 N–H and O–H groups in total. The molecule has 0 aliphatic heterocycles. The van der Waals surface area contributed by atoms with E-state index in [1.807, 2.05) is 55.5 Å². The fourth-order valence-electron chi connectivity index (χ4n) is 2.88. The maximum absolute atomic E-state index is 12.4. The molecule has 148 valence electrons. The van der Waals surface area contributed by atoms with Gasteiger partial charge in [-0.2, -0.15) is 0 Å². The summed E-state index contributed by atoms with van der Waals surface area (Å²) in [6.07, 6.45) is 5.17. The van der Waals surface area contributed by atoms with Gasteiger partial charge in [0.1, 0.15) is 0 Å². The molecule has 0 atom stereocenters. The van der Waals surface area contributed by atoms with Crippen LogP contribution in [-0.4, -0.2) is 20.9 Å². The van der Waals surface area contributed by atoms with Crippen molar-refractivity contribution in [1.82, 2.24) is 15.0 Å². The zero-order chi connectivity index (χ0) is 20.9. The van der Waals surface area contributed by atoms with Crippen molar-refractivity contribution in [1.29, 1.82) is 0 Å². The molecule has 0 saturated heterocycles. The molecular weight excluding hydrogens is 442 g/mol. The number of anilines is 3. The highest BCUT2D eigenvalue weighted by Crippen LogP contribution is 2.25. The lowest BCUT2D eigenvalue weighted by atomic mass is 10.1. The van der Waals surface area contributed by atoms with Gasteiger partial charge in [-0.1, -0.05) is 24.3 Å². The summed E-state index contributed by atoms with van der Waals surface area (Å²) in [6.45, 7) is 1.98. The molecule has 6 nitrogen and oxygen atoms in total. The number of aryl methyl sites for hydroxylation is 1. The van der Waals surface area contributed by atoms with Crippen molar-refractivity contribution in [2.45, 2.75) is 6.92 Å². The minimum absolute atomic E-state index is 0.161. The average molecular weight is 460 g/mol. The zero-order valence-electron chi connectivity index (χ0n) is 16.1. The molecule has 7 heteroatoms. The van der Waals surface area contributed by atoms with Crippen molar-refractivity contribution in [3.63, 3.8) is 0 Å². The van der Waals surface area contributed by atoms with Gasteiger partial charge in [-0.05, 0) is 64.8 Å². The quantitative estimate of drug-likeness (QED) is 0.405. The number of pyridine rings is 1. The van der Waals surface area contributed by atoms with E-state index in [0.29, 0.717) is 17.2 Å². The highest BCUT2D eigenvalue weighted by atomic mass is 79.9. The number of nitrogens with one attached hydrogen (secondary N) is 2. The Bertz CT molecular complexity index is 1200. The summed E-state index contributed by atoms with van der Waals surface area (Å²) < 4.78 is 0.880. The molecule has 0 aliphatic rings.